The number of aromatic nitrogens is 1. The average molecular weight is 395 g/mol. The summed E-state index contributed by atoms with van der Waals surface area (Å²) < 4.78 is 0.390. The maximum Gasteiger partial charge on any atom is 0.270 e. The molecule has 5 nitrogen and oxygen atoms in total. The molecule has 4 aromatic rings. The van der Waals surface area contributed by atoms with Gasteiger partial charge < -0.3 is 15.2 Å². The van der Waals surface area contributed by atoms with E-state index >= 15 is 0 Å². The molecular formula is C20H11ClN2O3S. The highest BCUT2D eigenvalue weighted by molar-refractivity contribution is 7.23. The molecule has 0 unspecified atom stereocenters. The molecule has 0 saturated heterocycles. The molecule has 0 aliphatic heterocycles. The fourth-order valence-corrected chi connectivity index (χ4v) is 4.39. The molecule has 2 aromatic heterocycles. The van der Waals surface area contributed by atoms with Crippen LogP contribution in [0.25, 0.3) is 32.5 Å². The number of nitriles is 1. The first-order valence-corrected chi connectivity index (χ1v) is 9.07. The van der Waals surface area contributed by atoms with Crippen LogP contribution < -0.4 is 5.56 Å². The van der Waals surface area contributed by atoms with E-state index in [1.165, 1.54) is 0 Å². The lowest BCUT2D eigenvalue weighted by Gasteiger charge is -2.07. The predicted octanol–water partition coefficient (Wildman–Crippen LogP) is 4.86. The minimum absolute atomic E-state index is 0.179. The Bertz CT molecular complexity index is 1280. The zero-order chi connectivity index (χ0) is 19.1. The number of halogens is 1. The minimum atomic E-state index is -0.651. The number of hydrogen-bond donors (Lipinski definition) is 3. The van der Waals surface area contributed by atoms with Gasteiger partial charge in [-0.3, -0.25) is 4.79 Å². The van der Waals surface area contributed by atoms with Crippen LogP contribution >= 0.6 is 22.9 Å². The molecule has 0 amide bonds. The smallest absolute Gasteiger partial charge is 0.270 e. The highest BCUT2D eigenvalue weighted by Crippen LogP contribution is 2.45. The Morgan fingerprint density at radius 2 is 1.70 bits per heavy atom. The topological polar surface area (TPSA) is 97.1 Å². The van der Waals surface area contributed by atoms with Crippen LogP contribution in [0.3, 0.4) is 0 Å². The van der Waals surface area contributed by atoms with E-state index in [2.05, 4.69) is 4.98 Å². The Morgan fingerprint density at radius 1 is 1.04 bits per heavy atom. The van der Waals surface area contributed by atoms with Crippen LogP contribution in [-0.2, 0) is 0 Å². The van der Waals surface area contributed by atoms with Gasteiger partial charge in [0, 0.05) is 11.1 Å². The maximum absolute atomic E-state index is 11.9. The Labute approximate surface area is 162 Å². The number of aromatic hydroxyl groups is 2. The second-order valence-electron chi connectivity index (χ2n) is 5.84. The Balaban J connectivity index is 1.91. The van der Waals surface area contributed by atoms with Gasteiger partial charge in [-0.15, -0.1) is 11.3 Å². The monoisotopic (exact) mass is 394 g/mol. The van der Waals surface area contributed by atoms with Crippen molar-refractivity contribution in [2.24, 2.45) is 0 Å². The molecule has 2 aromatic carbocycles. The van der Waals surface area contributed by atoms with Gasteiger partial charge in [0.25, 0.3) is 5.56 Å². The van der Waals surface area contributed by atoms with Crippen molar-refractivity contribution in [3.63, 3.8) is 0 Å². The quantitative estimate of drug-likeness (QED) is 0.452. The van der Waals surface area contributed by atoms with E-state index in [9.17, 15) is 15.0 Å². The highest BCUT2D eigenvalue weighted by Gasteiger charge is 2.21. The SMILES string of the molecule is N#Cc1c(O)c2c(-c3ccc(-c4ccccc4O)cc3)c(Cl)sc2[nH]c1=O. The average Bonchev–Trinajstić information content (AvgIpc) is 2.98. The molecule has 132 valence electrons. The summed E-state index contributed by atoms with van der Waals surface area (Å²) in [6.45, 7) is 0. The van der Waals surface area contributed by atoms with Gasteiger partial charge in [-0.05, 0) is 17.2 Å². The minimum Gasteiger partial charge on any atom is -0.507 e. The third-order valence-electron chi connectivity index (χ3n) is 4.29. The van der Waals surface area contributed by atoms with E-state index < -0.39 is 5.56 Å². The van der Waals surface area contributed by atoms with Crippen LogP contribution in [0.15, 0.2) is 53.3 Å². The van der Waals surface area contributed by atoms with Crippen molar-refractivity contribution in [3.8, 4) is 39.8 Å². The summed E-state index contributed by atoms with van der Waals surface area (Å²) in [6.07, 6.45) is 0. The molecule has 0 aliphatic rings. The number of pyridine rings is 1. The number of benzene rings is 2. The molecule has 0 bridgehead atoms. The predicted molar refractivity (Wildman–Crippen MR) is 106 cm³/mol. The molecular weight excluding hydrogens is 384 g/mol. The lowest BCUT2D eigenvalue weighted by Crippen LogP contribution is -2.09. The summed E-state index contributed by atoms with van der Waals surface area (Å²) in [5.74, 6) is -0.197. The normalized spacial score (nSPS) is 10.8. The first-order valence-electron chi connectivity index (χ1n) is 7.87. The van der Waals surface area contributed by atoms with E-state index in [0.717, 1.165) is 22.5 Å². The number of thiophene rings is 1. The first-order chi connectivity index (χ1) is 13.0. The zero-order valence-electron chi connectivity index (χ0n) is 13.7. The number of phenolic OH excluding ortho intramolecular Hbond substituents is 1. The summed E-state index contributed by atoms with van der Waals surface area (Å²) >= 11 is 7.49. The van der Waals surface area contributed by atoms with Gasteiger partial charge in [0.05, 0.1) is 5.39 Å². The van der Waals surface area contributed by atoms with Gasteiger partial charge in [-0.25, -0.2) is 0 Å². The summed E-state index contributed by atoms with van der Waals surface area (Å²) in [6, 6.07) is 16.0. The van der Waals surface area contributed by atoms with Crippen LogP contribution in [0, 0.1) is 11.3 Å². The van der Waals surface area contributed by atoms with Crippen molar-refractivity contribution in [1.82, 2.24) is 4.98 Å². The Hall–Kier alpha value is -3.27. The number of para-hydroxylation sites is 1. The number of nitrogens with zero attached hydrogens (tertiary/aromatic N) is 1. The lowest BCUT2D eigenvalue weighted by atomic mass is 9.99. The number of fused-ring (bicyclic) bond motifs is 1. The summed E-state index contributed by atoms with van der Waals surface area (Å²) in [5, 5.41) is 29.9. The largest absolute Gasteiger partial charge is 0.507 e. The van der Waals surface area contributed by atoms with Gasteiger partial charge in [-0.2, -0.15) is 5.26 Å². The van der Waals surface area contributed by atoms with E-state index in [-0.39, 0.29) is 17.1 Å². The number of nitrogens with one attached hydrogen (secondary N) is 1. The van der Waals surface area contributed by atoms with Crippen LogP contribution in [0.4, 0.5) is 0 Å². The highest BCUT2D eigenvalue weighted by atomic mass is 35.5. The third kappa shape index (κ3) is 2.74. The molecule has 0 fully saturated rings. The van der Waals surface area contributed by atoms with Crippen LogP contribution in [-0.4, -0.2) is 15.2 Å². The first kappa shape index (κ1) is 17.2. The molecule has 4 rings (SSSR count). The standard InChI is InChI=1S/C20H11ClN2O3S/c21-18-15(16-17(25)13(9-22)19(26)23-20(16)27-18)11-7-5-10(6-8-11)12-3-1-2-4-14(12)24/h1-8,24H,(H2,23,25,26). The molecule has 0 radical (unpaired) electrons. The lowest BCUT2D eigenvalue weighted by molar-refractivity contribution is 0.477. The van der Waals surface area contributed by atoms with Crippen molar-refractivity contribution in [3.05, 3.63) is 68.8 Å². The number of phenols is 1. The Morgan fingerprint density at radius 3 is 2.37 bits per heavy atom. The number of hydrogen-bond acceptors (Lipinski definition) is 5. The van der Waals surface area contributed by atoms with Gasteiger partial charge in [0.1, 0.15) is 26.7 Å². The van der Waals surface area contributed by atoms with Crippen molar-refractivity contribution in [2.75, 3.05) is 0 Å². The number of H-pyrrole nitrogens is 1. The summed E-state index contributed by atoms with van der Waals surface area (Å²) in [7, 11) is 0. The molecule has 3 N–H and O–H groups in total. The van der Waals surface area contributed by atoms with E-state index in [1.54, 1.807) is 18.2 Å². The van der Waals surface area contributed by atoms with Crippen molar-refractivity contribution < 1.29 is 10.2 Å². The van der Waals surface area contributed by atoms with Crippen LogP contribution in [0.2, 0.25) is 4.34 Å². The second-order valence-corrected chi connectivity index (χ2v) is 7.46. The number of rotatable bonds is 2. The molecule has 27 heavy (non-hydrogen) atoms. The molecule has 0 spiro atoms. The summed E-state index contributed by atoms with van der Waals surface area (Å²) in [5.41, 5.74) is 1.79. The molecule has 0 aliphatic carbocycles. The Kier molecular flexibility index (Phi) is 4.11. The maximum atomic E-state index is 11.9. The summed E-state index contributed by atoms with van der Waals surface area (Å²) in [4.78, 5) is 14.9. The number of aromatic amines is 1. The van der Waals surface area contributed by atoms with Crippen molar-refractivity contribution >= 4 is 33.2 Å². The molecule has 0 saturated carbocycles. The second kappa shape index (κ2) is 6.47. The van der Waals surface area contributed by atoms with Crippen molar-refractivity contribution in [2.45, 2.75) is 0 Å². The van der Waals surface area contributed by atoms with E-state index in [0.29, 0.717) is 25.7 Å². The zero-order valence-corrected chi connectivity index (χ0v) is 15.2. The van der Waals surface area contributed by atoms with Crippen LogP contribution in [0.5, 0.6) is 11.5 Å². The third-order valence-corrected chi connectivity index (χ3v) is 5.61. The van der Waals surface area contributed by atoms with Crippen LogP contribution in [0.1, 0.15) is 5.56 Å². The molecule has 0 atom stereocenters. The molecule has 2 heterocycles. The van der Waals surface area contributed by atoms with E-state index in [4.69, 9.17) is 16.9 Å². The van der Waals surface area contributed by atoms with E-state index in [1.807, 2.05) is 36.4 Å². The fraction of sp³-hybridized carbons (Fsp3) is 0. The van der Waals surface area contributed by atoms with Gasteiger partial charge in [0.2, 0.25) is 0 Å². The fourth-order valence-electron chi connectivity index (χ4n) is 3.01. The van der Waals surface area contributed by atoms with Crippen molar-refractivity contribution in [1.29, 1.82) is 5.26 Å². The van der Waals surface area contributed by atoms with Gasteiger partial charge in [0.15, 0.2) is 5.56 Å². The molecule has 7 heteroatoms. The van der Waals surface area contributed by atoms with Gasteiger partial charge >= 0.3 is 0 Å². The van der Waals surface area contributed by atoms with Gasteiger partial charge in [-0.1, -0.05) is 54.1 Å².